The molecule has 1 aliphatic rings. The molecule has 0 spiro atoms. The van der Waals surface area contributed by atoms with Gasteiger partial charge in [0.1, 0.15) is 0 Å². The molecule has 0 aromatic carbocycles. The van der Waals surface area contributed by atoms with Gasteiger partial charge in [-0.15, -0.1) is 0 Å². The summed E-state index contributed by atoms with van der Waals surface area (Å²) in [5.41, 5.74) is 0. The predicted octanol–water partition coefficient (Wildman–Crippen LogP) is 1.91. The van der Waals surface area contributed by atoms with E-state index >= 15 is 0 Å². The Bertz CT molecular complexity index is 145. The summed E-state index contributed by atoms with van der Waals surface area (Å²) in [6, 6.07) is 0. The molecule has 0 aromatic rings. The normalized spacial score (nSPS) is 16.4. The van der Waals surface area contributed by atoms with Crippen molar-refractivity contribution in [1.29, 1.82) is 0 Å². The third-order valence-corrected chi connectivity index (χ3v) is 2.07. The lowest BCUT2D eigenvalue weighted by Gasteiger charge is -2.04. The first-order valence-electron chi connectivity index (χ1n) is 4.41. The predicted molar refractivity (Wildman–Crippen MR) is 54.5 cm³/mol. The Hall–Kier alpha value is 0.140. The molecule has 0 saturated heterocycles. The summed E-state index contributed by atoms with van der Waals surface area (Å²) in [4.78, 5) is 0. The van der Waals surface area contributed by atoms with Crippen molar-refractivity contribution in [2.45, 2.75) is 12.8 Å². The molecule has 0 radical (unpaired) electrons. The molecule has 2 nitrogen and oxygen atoms in total. The molecule has 3 heteroatoms. The van der Waals surface area contributed by atoms with Crippen LogP contribution in [0.5, 0.6) is 0 Å². The van der Waals surface area contributed by atoms with Crippen LogP contribution in [-0.2, 0) is 4.74 Å². The van der Waals surface area contributed by atoms with E-state index in [-0.39, 0.29) is 0 Å². The monoisotopic (exact) mass is 233 g/mol. The fraction of sp³-hybridized carbons (Fsp3) is 0.778. The maximum atomic E-state index is 5.43. The smallest absolute Gasteiger partial charge is 0.0591 e. The molecule has 12 heavy (non-hydrogen) atoms. The summed E-state index contributed by atoms with van der Waals surface area (Å²) in [5.74, 6) is 0.871. The Labute approximate surface area is 82.5 Å². The zero-order valence-electron chi connectivity index (χ0n) is 7.31. The molecule has 1 saturated carbocycles. The number of hydrogen-bond donors (Lipinski definition) is 1. The molecule has 1 aliphatic carbocycles. The van der Waals surface area contributed by atoms with E-state index in [9.17, 15) is 0 Å². The van der Waals surface area contributed by atoms with Crippen molar-refractivity contribution in [2.75, 3.05) is 26.3 Å². The highest BCUT2D eigenvalue weighted by atomic mass is 79.9. The van der Waals surface area contributed by atoms with Crippen LogP contribution in [0.3, 0.4) is 0 Å². The lowest BCUT2D eigenvalue weighted by molar-refractivity contribution is 0.127. The number of nitrogens with one attached hydrogen (secondary N) is 1. The third-order valence-electron chi connectivity index (χ3n) is 1.79. The molecule has 0 bridgehead atoms. The van der Waals surface area contributed by atoms with Crippen molar-refractivity contribution >= 4 is 15.9 Å². The van der Waals surface area contributed by atoms with E-state index in [2.05, 4.69) is 27.8 Å². The van der Waals surface area contributed by atoms with Crippen LogP contribution >= 0.6 is 15.9 Å². The van der Waals surface area contributed by atoms with Crippen LogP contribution in [0.4, 0.5) is 0 Å². The van der Waals surface area contributed by atoms with E-state index in [0.717, 1.165) is 36.7 Å². The molecule has 0 atom stereocenters. The summed E-state index contributed by atoms with van der Waals surface area (Å²) in [5, 5.41) is 3.21. The van der Waals surface area contributed by atoms with Gasteiger partial charge in [0.2, 0.25) is 0 Å². The maximum Gasteiger partial charge on any atom is 0.0591 e. The topological polar surface area (TPSA) is 21.3 Å². The lowest BCUT2D eigenvalue weighted by Crippen LogP contribution is -2.21. The summed E-state index contributed by atoms with van der Waals surface area (Å²) >= 11 is 3.28. The van der Waals surface area contributed by atoms with Gasteiger partial charge < -0.3 is 10.1 Å². The van der Waals surface area contributed by atoms with Crippen LogP contribution in [0.2, 0.25) is 0 Å². The second kappa shape index (κ2) is 5.73. The van der Waals surface area contributed by atoms with E-state index in [1.54, 1.807) is 0 Å². The molecule has 0 aromatic heterocycles. The molecule has 0 unspecified atom stereocenters. The molecule has 70 valence electrons. The number of ether oxygens (including phenoxy) is 1. The molecule has 0 amide bonds. The second-order valence-electron chi connectivity index (χ2n) is 3.21. The van der Waals surface area contributed by atoms with Gasteiger partial charge in [-0.3, -0.25) is 0 Å². The van der Waals surface area contributed by atoms with Gasteiger partial charge in [0.15, 0.2) is 0 Å². The van der Waals surface area contributed by atoms with Crippen LogP contribution in [-0.4, -0.2) is 26.3 Å². The molecular weight excluding hydrogens is 218 g/mol. The second-order valence-corrected chi connectivity index (χ2v) is 4.33. The molecular formula is C9H16BrNO. The third kappa shape index (κ3) is 5.75. The van der Waals surface area contributed by atoms with E-state index in [1.807, 2.05) is 0 Å². The van der Waals surface area contributed by atoms with Crippen LogP contribution < -0.4 is 5.32 Å². The van der Waals surface area contributed by atoms with Crippen molar-refractivity contribution in [3.8, 4) is 0 Å². The van der Waals surface area contributed by atoms with Crippen molar-refractivity contribution in [2.24, 2.45) is 5.92 Å². The Morgan fingerprint density at radius 1 is 1.58 bits per heavy atom. The minimum Gasteiger partial charge on any atom is -0.380 e. The van der Waals surface area contributed by atoms with Gasteiger partial charge in [-0.05, 0) is 18.8 Å². The molecule has 0 heterocycles. The summed E-state index contributed by atoms with van der Waals surface area (Å²) in [7, 11) is 0. The summed E-state index contributed by atoms with van der Waals surface area (Å²) in [6.07, 6.45) is 2.73. The van der Waals surface area contributed by atoms with Crippen LogP contribution in [0.25, 0.3) is 0 Å². The van der Waals surface area contributed by atoms with Gasteiger partial charge in [0, 0.05) is 24.2 Å². The first kappa shape index (κ1) is 10.2. The zero-order chi connectivity index (χ0) is 8.81. The zero-order valence-corrected chi connectivity index (χ0v) is 8.90. The molecule has 1 rings (SSSR count). The van der Waals surface area contributed by atoms with Crippen molar-refractivity contribution in [1.82, 2.24) is 5.32 Å². The van der Waals surface area contributed by atoms with Crippen molar-refractivity contribution < 1.29 is 4.74 Å². The van der Waals surface area contributed by atoms with Crippen LogP contribution in [0.15, 0.2) is 11.1 Å². The Kier molecular flexibility index (Phi) is 4.88. The average molecular weight is 234 g/mol. The summed E-state index contributed by atoms with van der Waals surface area (Å²) in [6.45, 7) is 7.24. The highest BCUT2D eigenvalue weighted by Gasteiger charge is 2.20. The SMILES string of the molecule is C=C(Br)CNCCOCC1CC1. The van der Waals surface area contributed by atoms with E-state index in [1.165, 1.54) is 12.8 Å². The van der Waals surface area contributed by atoms with Gasteiger partial charge in [-0.25, -0.2) is 0 Å². The minimum absolute atomic E-state index is 0.816. The van der Waals surface area contributed by atoms with E-state index in [0.29, 0.717) is 0 Å². The first-order chi connectivity index (χ1) is 5.79. The van der Waals surface area contributed by atoms with Gasteiger partial charge in [0.25, 0.3) is 0 Å². The van der Waals surface area contributed by atoms with Gasteiger partial charge in [0.05, 0.1) is 6.61 Å². The first-order valence-corrected chi connectivity index (χ1v) is 5.20. The van der Waals surface area contributed by atoms with Gasteiger partial charge >= 0.3 is 0 Å². The Morgan fingerprint density at radius 3 is 2.92 bits per heavy atom. The Balaban J connectivity index is 1.73. The minimum atomic E-state index is 0.816. The number of rotatable bonds is 7. The van der Waals surface area contributed by atoms with Gasteiger partial charge in [-0.2, -0.15) is 0 Å². The average Bonchev–Trinajstić information content (AvgIpc) is 2.79. The van der Waals surface area contributed by atoms with Crippen molar-refractivity contribution in [3.63, 3.8) is 0 Å². The van der Waals surface area contributed by atoms with E-state index in [4.69, 9.17) is 4.74 Å². The quantitative estimate of drug-likeness (QED) is 0.679. The highest BCUT2D eigenvalue weighted by molar-refractivity contribution is 9.11. The molecule has 1 fully saturated rings. The van der Waals surface area contributed by atoms with E-state index < -0.39 is 0 Å². The largest absolute Gasteiger partial charge is 0.380 e. The molecule has 1 N–H and O–H groups in total. The fourth-order valence-corrected chi connectivity index (χ4v) is 1.10. The lowest BCUT2D eigenvalue weighted by atomic mass is 10.5. The van der Waals surface area contributed by atoms with Crippen molar-refractivity contribution in [3.05, 3.63) is 11.1 Å². The van der Waals surface area contributed by atoms with Gasteiger partial charge in [-0.1, -0.05) is 22.5 Å². The standard InChI is InChI=1S/C9H16BrNO/c1-8(10)6-11-4-5-12-7-9-2-3-9/h9,11H,1-7H2. The molecule has 0 aliphatic heterocycles. The highest BCUT2D eigenvalue weighted by Crippen LogP contribution is 2.28. The maximum absolute atomic E-state index is 5.43. The summed E-state index contributed by atoms with van der Waals surface area (Å²) < 4.78 is 6.42. The Morgan fingerprint density at radius 2 is 2.33 bits per heavy atom. The van der Waals surface area contributed by atoms with Crippen LogP contribution in [0.1, 0.15) is 12.8 Å². The van der Waals surface area contributed by atoms with Crippen LogP contribution in [0, 0.1) is 5.92 Å². The number of halogens is 1. The number of hydrogen-bond acceptors (Lipinski definition) is 2. The fourth-order valence-electron chi connectivity index (χ4n) is 0.903.